The van der Waals surface area contributed by atoms with Crippen LogP contribution in [0.5, 0.6) is 0 Å². The van der Waals surface area contributed by atoms with Gasteiger partial charge in [0.2, 0.25) is 5.95 Å². The predicted molar refractivity (Wildman–Crippen MR) is 67.2 cm³/mol. The average Bonchev–Trinajstić information content (AvgIpc) is 2.68. The maximum absolute atomic E-state index is 13.6. The van der Waals surface area contributed by atoms with Gasteiger partial charge < -0.3 is 5.32 Å². The number of anilines is 1. The molecule has 0 saturated carbocycles. The summed E-state index contributed by atoms with van der Waals surface area (Å²) in [5.74, 6) is 0.0257. The van der Waals surface area contributed by atoms with Crippen LogP contribution in [0.25, 0.3) is 11.3 Å². The molecule has 0 aliphatic carbocycles. The molecule has 16 heavy (non-hydrogen) atoms. The van der Waals surface area contributed by atoms with Crippen LogP contribution in [0.15, 0.2) is 21.4 Å². The first-order valence-corrected chi connectivity index (χ1v) is 6.44. The van der Waals surface area contributed by atoms with Crippen LogP contribution in [0.3, 0.4) is 0 Å². The van der Waals surface area contributed by atoms with Crippen LogP contribution in [-0.4, -0.2) is 16.5 Å². The van der Waals surface area contributed by atoms with E-state index in [0.717, 1.165) is 10.0 Å². The van der Waals surface area contributed by atoms with Gasteiger partial charge in [-0.15, -0.1) is 0 Å². The summed E-state index contributed by atoms with van der Waals surface area (Å²) in [6, 6.07) is 0. The molecule has 0 saturated heterocycles. The van der Waals surface area contributed by atoms with E-state index < -0.39 is 5.82 Å². The summed E-state index contributed by atoms with van der Waals surface area (Å²) in [5, 5.41) is 6.70. The smallest absolute Gasteiger partial charge is 0.223 e. The van der Waals surface area contributed by atoms with Gasteiger partial charge in [-0.2, -0.15) is 11.3 Å². The van der Waals surface area contributed by atoms with Crippen molar-refractivity contribution in [3.05, 3.63) is 27.2 Å². The molecule has 2 heterocycles. The molecule has 0 atom stereocenters. The highest BCUT2D eigenvalue weighted by Gasteiger charge is 2.12. The minimum atomic E-state index is -0.416. The first-order chi connectivity index (χ1) is 7.72. The van der Waals surface area contributed by atoms with E-state index in [-0.39, 0.29) is 0 Å². The second-order valence-corrected chi connectivity index (χ2v) is 4.65. The van der Waals surface area contributed by atoms with E-state index in [4.69, 9.17) is 0 Å². The Labute approximate surface area is 105 Å². The normalized spacial score (nSPS) is 10.4. The lowest BCUT2D eigenvalue weighted by Crippen LogP contribution is -2.03. The van der Waals surface area contributed by atoms with E-state index in [1.165, 1.54) is 17.5 Å². The van der Waals surface area contributed by atoms with Crippen molar-refractivity contribution < 1.29 is 4.39 Å². The van der Waals surface area contributed by atoms with E-state index in [1.54, 1.807) is 0 Å². The van der Waals surface area contributed by atoms with Crippen LogP contribution in [-0.2, 0) is 0 Å². The van der Waals surface area contributed by atoms with Gasteiger partial charge in [0.05, 0.1) is 6.20 Å². The van der Waals surface area contributed by atoms with E-state index in [0.29, 0.717) is 18.2 Å². The van der Waals surface area contributed by atoms with Crippen LogP contribution in [0, 0.1) is 5.82 Å². The molecule has 6 heteroatoms. The summed E-state index contributed by atoms with van der Waals surface area (Å²) in [4.78, 5) is 8.00. The number of aromatic nitrogens is 2. The Hall–Kier alpha value is -1.01. The SMILES string of the molecule is CCNc1ncc(F)c(-c2cscc2Br)n1. The molecular formula is C10H9BrFN3S. The van der Waals surface area contributed by atoms with Gasteiger partial charge in [0.15, 0.2) is 5.82 Å². The standard InChI is InChI=1S/C10H9BrFN3S/c1-2-13-10-14-3-8(12)9(15-10)6-4-16-5-7(6)11/h3-5H,2H2,1H3,(H,13,14,15). The van der Waals surface area contributed by atoms with Gasteiger partial charge in [0, 0.05) is 27.3 Å². The Morgan fingerprint density at radius 1 is 1.50 bits per heavy atom. The molecule has 1 N–H and O–H groups in total. The lowest BCUT2D eigenvalue weighted by Gasteiger charge is -2.04. The Kier molecular flexibility index (Phi) is 3.50. The van der Waals surface area contributed by atoms with Crippen molar-refractivity contribution in [1.82, 2.24) is 9.97 Å². The molecule has 0 aliphatic heterocycles. The first kappa shape index (κ1) is 11.5. The fourth-order valence-electron chi connectivity index (χ4n) is 1.25. The fourth-order valence-corrected chi connectivity index (χ4v) is 2.72. The minimum Gasteiger partial charge on any atom is -0.354 e. The third-order valence-corrected chi connectivity index (χ3v) is 3.65. The molecule has 2 aromatic rings. The van der Waals surface area contributed by atoms with Crippen molar-refractivity contribution >= 4 is 33.2 Å². The van der Waals surface area contributed by atoms with E-state index in [2.05, 4.69) is 31.2 Å². The summed E-state index contributed by atoms with van der Waals surface area (Å²) in [6.45, 7) is 2.64. The van der Waals surface area contributed by atoms with Crippen molar-refractivity contribution in [3.8, 4) is 11.3 Å². The Balaban J connectivity index is 2.47. The Morgan fingerprint density at radius 2 is 2.31 bits per heavy atom. The largest absolute Gasteiger partial charge is 0.354 e. The molecule has 0 radical (unpaired) electrons. The molecule has 2 rings (SSSR count). The topological polar surface area (TPSA) is 37.8 Å². The maximum Gasteiger partial charge on any atom is 0.223 e. The number of halogens is 2. The molecule has 3 nitrogen and oxygen atoms in total. The zero-order chi connectivity index (χ0) is 11.5. The molecule has 0 aromatic carbocycles. The molecule has 0 aliphatic rings. The summed E-state index contributed by atoms with van der Waals surface area (Å²) in [7, 11) is 0. The molecule has 0 unspecified atom stereocenters. The van der Waals surface area contributed by atoms with Gasteiger partial charge in [0.1, 0.15) is 5.69 Å². The Morgan fingerprint density at radius 3 is 2.94 bits per heavy atom. The van der Waals surface area contributed by atoms with E-state index in [1.807, 2.05) is 17.7 Å². The van der Waals surface area contributed by atoms with Gasteiger partial charge >= 0.3 is 0 Å². The Bertz CT molecular complexity index is 501. The summed E-state index contributed by atoms with van der Waals surface area (Å²) in [6.07, 6.45) is 1.18. The number of thiophene rings is 1. The minimum absolute atomic E-state index is 0.319. The van der Waals surface area contributed by atoms with Crippen LogP contribution in [0.1, 0.15) is 6.92 Å². The molecule has 84 valence electrons. The lowest BCUT2D eigenvalue weighted by atomic mass is 10.2. The van der Waals surface area contributed by atoms with Crippen molar-refractivity contribution in [2.45, 2.75) is 6.92 Å². The summed E-state index contributed by atoms with van der Waals surface area (Å²) < 4.78 is 14.4. The van der Waals surface area contributed by atoms with Crippen LogP contribution in [0.2, 0.25) is 0 Å². The van der Waals surface area contributed by atoms with Gasteiger partial charge in [-0.05, 0) is 22.9 Å². The predicted octanol–water partition coefficient (Wildman–Crippen LogP) is 3.54. The van der Waals surface area contributed by atoms with Crippen molar-refractivity contribution in [2.24, 2.45) is 0 Å². The highest BCUT2D eigenvalue weighted by molar-refractivity contribution is 9.10. The number of nitrogens with zero attached hydrogens (tertiary/aromatic N) is 2. The van der Waals surface area contributed by atoms with Crippen molar-refractivity contribution in [2.75, 3.05) is 11.9 Å². The lowest BCUT2D eigenvalue weighted by molar-refractivity contribution is 0.618. The van der Waals surface area contributed by atoms with Gasteiger partial charge in [-0.25, -0.2) is 14.4 Å². The number of nitrogens with one attached hydrogen (secondary N) is 1. The third-order valence-electron chi connectivity index (χ3n) is 1.95. The highest BCUT2D eigenvalue weighted by Crippen LogP contribution is 2.32. The second-order valence-electron chi connectivity index (χ2n) is 3.05. The molecule has 2 aromatic heterocycles. The fraction of sp³-hybridized carbons (Fsp3) is 0.200. The van der Waals surface area contributed by atoms with Crippen LogP contribution in [0.4, 0.5) is 10.3 Å². The van der Waals surface area contributed by atoms with Crippen molar-refractivity contribution in [1.29, 1.82) is 0 Å². The zero-order valence-corrected chi connectivity index (χ0v) is 10.9. The van der Waals surface area contributed by atoms with Crippen molar-refractivity contribution in [3.63, 3.8) is 0 Å². The van der Waals surface area contributed by atoms with Gasteiger partial charge in [-0.1, -0.05) is 0 Å². The average molecular weight is 302 g/mol. The van der Waals surface area contributed by atoms with Crippen LogP contribution >= 0.6 is 27.3 Å². The number of hydrogen-bond acceptors (Lipinski definition) is 4. The molecular weight excluding hydrogens is 293 g/mol. The molecule has 0 bridgehead atoms. The summed E-state index contributed by atoms with van der Waals surface area (Å²) >= 11 is 4.86. The van der Waals surface area contributed by atoms with Gasteiger partial charge in [-0.3, -0.25) is 0 Å². The zero-order valence-electron chi connectivity index (χ0n) is 8.50. The molecule has 0 amide bonds. The monoisotopic (exact) mass is 301 g/mol. The summed E-state index contributed by atoms with van der Waals surface area (Å²) in [5.41, 5.74) is 1.07. The van der Waals surface area contributed by atoms with Gasteiger partial charge in [0.25, 0.3) is 0 Å². The number of rotatable bonds is 3. The van der Waals surface area contributed by atoms with E-state index in [9.17, 15) is 4.39 Å². The molecule has 0 fully saturated rings. The quantitative estimate of drug-likeness (QED) is 0.942. The third kappa shape index (κ3) is 2.22. The highest BCUT2D eigenvalue weighted by atomic mass is 79.9. The number of hydrogen-bond donors (Lipinski definition) is 1. The van der Waals surface area contributed by atoms with E-state index >= 15 is 0 Å². The van der Waals surface area contributed by atoms with Crippen LogP contribution < -0.4 is 5.32 Å². The maximum atomic E-state index is 13.6. The molecule has 0 spiro atoms. The first-order valence-electron chi connectivity index (χ1n) is 4.71. The second kappa shape index (κ2) is 4.88.